The van der Waals surface area contributed by atoms with Crippen molar-refractivity contribution in [2.45, 2.75) is 26.4 Å². The SMILES string of the molecule is CN=C(NCC(C)C)NCC1CCOC1c1ccccc1.I. The van der Waals surface area contributed by atoms with Gasteiger partial charge in [0.25, 0.3) is 0 Å². The fraction of sp³-hybridized carbons (Fsp3) is 0.588. The van der Waals surface area contributed by atoms with Crippen molar-refractivity contribution < 1.29 is 4.74 Å². The molecule has 2 atom stereocenters. The van der Waals surface area contributed by atoms with Crippen molar-refractivity contribution in [3.8, 4) is 0 Å². The highest BCUT2D eigenvalue weighted by Crippen LogP contribution is 2.33. The Hall–Kier alpha value is -0.820. The molecule has 0 bridgehead atoms. The molecule has 1 aromatic rings. The molecule has 5 heteroatoms. The Morgan fingerprint density at radius 2 is 2.00 bits per heavy atom. The van der Waals surface area contributed by atoms with Gasteiger partial charge >= 0.3 is 0 Å². The molecule has 22 heavy (non-hydrogen) atoms. The molecular weight excluding hydrogens is 389 g/mol. The Kier molecular flexibility index (Phi) is 8.78. The zero-order valence-corrected chi connectivity index (χ0v) is 16.0. The minimum Gasteiger partial charge on any atom is -0.373 e. The molecule has 1 fully saturated rings. The van der Waals surface area contributed by atoms with Gasteiger partial charge in [-0.2, -0.15) is 0 Å². The van der Waals surface area contributed by atoms with Crippen LogP contribution in [0.1, 0.15) is 31.9 Å². The molecule has 0 spiro atoms. The number of halogens is 1. The van der Waals surface area contributed by atoms with E-state index in [1.807, 2.05) is 13.1 Å². The number of hydrogen-bond acceptors (Lipinski definition) is 2. The topological polar surface area (TPSA) is 45.7 Å². The van der Waals surface area contributed by atoms with Gasteiger partial charge in [0.05, 0.1) is 6.10 Å². The number of guanidine groups is 1. The summed E-state index contributed by atoms with van der Waals surface area (Å²) in [5, 5.41) is 6.77. The summed E-state index contributed by atoms with van der Waals surface area (Å²) in [7, 11) is 1.81. The molecule has 1 heterocycles. The monoisotopic (exact) mass is 417 g/mol. The normalized spacial score (nSPS) is 21.5. The second-order valence-electron chi connectivity index (χ2n) is 5.98. The highest BCUT2D eigenvalue weighted by molar-refractivity contribution is 14.0. The van der Waals surface area contributed by atoms with Crippen molar-refractivity contribution in [2.24, 2.45) is 16.8 Å². The first kappa shape index (κ1) is 19.2. The first-order valence-corrected chi connectivity index (χ1v) is 7.81. The van der Waals surface area contributed by atoms with Crippen LogP contribution in [0.5, 0.6) is 0 Å². The smallest absolute Gasteiger partial charge is 0.190 e. The lowest BCUT2D eigenvalue weighted by atomic mass is 9.95. The summed E-state index contributed by atoms with van der Waals surface area (Å²) in [6, 6.07) is 10.5. The third kappa shape index (κ3) is 5.76. The fourth-order valence-corrected chi connectivity index (χ4v) is 2.60. The van der Waals surface area contributed by atoms with E-state index in [1.165, 1.54) is 5.56 Å². The van der Waals surface area contributed by atoms with E-state index in [9.17, 15) is 0 Å². The average Bonchev–Trinajstić information content (AvgIpc) is 2.96. The van der Waals surface area contributed by atoms with Crippen LogP contribution in [-0.2, 0) is 4.74 Å². The van der Waals surface area contributed by atoms with Crippen molar-refractivity contribution in [3.63, 3.8) is 0 Å². The van der Waals surface area contributed by atoms with Crippen LogP contribution < -0.4 is 10.6 Å². The number of ether oxygens (including phenoxy) is 1. The quantitative estimate of drug-likeness (QED) is 0.440. The maximum atomic E-state index is 5.92. The molecule has 2 N–H and O–H groups in total. The maximum Gasteiger partial charge on any atom is 0.190 e. The Bertz CT molecular complexity index is 450. The Morgan fingerprint density at radius 1 is 1.27 bits per heavy atom. The van der Waals surface area contributed by atoms with Gasteiger partial charge in [0.2, 0.25) is 0 Å². The summed E-state index contributed by atoms with van der Waals surface area (Å²) in [6.45, 7) is 7.04. The number of benzene rings is 1. The van der Waals surface area contributed by atoms with Crippen molar-refractivity contribution >= 4 is 29.9 Å². The lowest BCUT2D eigenvalue weighted by molar-refractivity contribution is 0.0915. The second-order valence-corrected chi connectivity index (χ2v) is 5.98. The molecule has 0 saturated carbocycles. The van der Waals surface area contributed by atoms with Gasteiger partial charge in [-0.15, -0.1) is 24.0 Å². The molecule has 1 aromatic carbocycles. The largest absolute Gasteiger partial charge is 0.373 e. The van der Waals surface area contributed by atoms with E-state index in [1.54, 1.807) is 0 Å². The van der Waals surface area contributed by atoms with Crippen LogP contribution in [0.3, 0.4) is 0 Å². The molecule has 0 aromatic heterocycles. The molecule has 1 aliphatic rings. The van der Waals surface area contributed by atoms with E-state index in [0.717, 1.165) is 32.1 Å². The number of hydrogen-bond donors (Lipinski definition) is 2. The molecule has 124 valence electrons. The Morgan fingerprint density at radius 3 is 2.64 bits per heavy atom. The van der Waals surface area contributed by atoms with Gasteiger partial charge in [0.1, 0.15) is 0 Å². The van der Waals surface area contributed by atoms with Crippen LogP contribution in [0.2, 0.25) is 0 Å². The van der Waals surface area contributed by atoms with Crippen LogP contribution in [0, 0.1) is 11.8 Å². The standard InChI is InChI=1S/C17H27N3O.HI/c1-13(2)11-19-17(18-3)20-12-15-9-10-21-16(15)14-7-5-4-6-8-14;/h4-8,13,15-16H,9-12H2,1-3H3,(H2,18,19,20);1H. The van der Waals surface area contributed by atoms with Gasteiger partial charge in [0, 0.05) is 32.7 Å². The lowest BCUT2D eigenvalue weighted by Crippen LogP contribution is -2.41. The van der Waals surface area contributed by atoms with Crippen LogP contribution >= 0.6 is 24.0 Å². The van der Waals surface area contributed by atoms with Crippen LogP contribution in [0.25, 0.3) is 0 Å². The molecule has 0 radical (unpaired) electrons. The first-order valence-electron chi connectivity index (χ1n) is 7.81. The van der Waals surface area contributed by atoms with Crippen molar-refractivity contribution in [3.05, 3.63) is 35.9 Å². The minimum atomic E-state index is 0. The first-order chi connectivity index (χ1) is 10.2. The third-order valence-electron chi connectivity index (χ3n) is 3.78. The predicted octanol–water partition coefficient (Wildman–Crippen LogP) is 3.20. The summed E-state index contributed by atoms with van der Waals surface area (Å²) < 4.78 is 5.92. The van der Waals surface area contributed by atoms with Crippen LogP contribution in [0.15, 0.2) is 35.3 Å². The Labute approximate surface area is 151 Å². The predicted molar refractivity (Wildman–Crippen MR) is 103 cm³/mol. The van der Waals surface area contributed by atoms with E-state index in [2.05, 4.69) is 53.7 Å². The molecule has 2 unspecified atom stereocenters. The molecule has 0 aliphatic carbocycles. The van der Waals surface area contributed by atoms with Gasteiger partial charge < -0.3 is 15.4 Å². The third-order valence-corrected chi connectivity index (χ3v) is 3.78. The van der Waals surface area contributed by atoms with E-state index in [0.29, 0.717) is 11.8 Å². The average molecular weight is 417 g/mol. The summed E-state index contributed by atoms with van der Waals surface area (Å²) in [5.41, 5.74) is 1.27. The Balaban J connectivity index is 0.00000242. The lowest BCUT2D eigenvalue weighted by Gasteiger charge is -2.21. The number of rotatable bonds is 5. The maximum absolute atomic E-state index is 5.92. The molecule has 0 amide bonds. The molecule has 2 rings (SSSR count). The van der Waals surface area contributed by atoms with E-state index in [-0.39, 0.29) is 30.1 Å². The molecular formula is C17H28IN3O. The zero-order valence-electron chi connectivity index (χ0n) is 13.7. The highest BCUT2D eigenvalue weighted by atomic mass is 127. The summed E-state index contributed by atoms with van der Waals surface area (Å²) in [4.78, 5) is 4.27. The molecule has 4 nitrogen and oxygen atoms in total. The summed E-state index contributed by atoms with van der Waals surface area (Å²) >= 11 is 0. The van der Waals surface area contributed by atoms with E-state index < -0.39 is 0 Å². The molecule has 1 aliphatic heterocycles. The molecule has 1 saturated heterocycles. The van der Waals surface area contributed by atoms with Crippen LogP contribution in [-0.4, -0.2) is 32.7 Å². The minimum absolute atomic E-state index is 0. The number of aliphatic imine (C=N–C) groups is 1. The second kappa shape index (κ2) is 10.0. The van der Waals surface area contributed by atoms with E-state index >= 15 is 0 Å². The van der Waals surface area contributed by atoms with E-state index in [4.69, 9.17) is 4.74 Å². The number of nitrogens with zero attached hydrogens (tertiary/aromatic N) is 1. The van der Waals surface area contributed by atoms with Crippen molar-refractivity contribution in [1.29, 1.82) is 0 Å². The van der Waals surface area contributed by atoms with Gasteiger partial charge in [-0.1, -0.05) is 44.2 Å². The van der Waals surface area contributed by atoms with Crippen molar-refractivity contribution in [1.82, 2.24) is 10.6 Å². The fourth-order valence-electron chi connectivity index (χ4n) is 2.60. The van der Waals surface area contributed by atoms with Crippen molar-refractivity contribution in [2.75, 3.05) is 26.7 Å². The number of nitrogens with one attached hydrogen (secondary N) is 2. The van der Waals surface area contributed by atoms with Gasteiger partial charge in [-0.25, -0.2) is 0 Å². The van der Waals surface area contributed by atoms with Gasteiger partial charge in [-0.05, 0) is 17.9 Å². The summed E-state index contributed by atoms with van der Waals surface area (Å²) in [6.07, 6.45) is 1.29. The highest BCUT2D eigenvalue weighted by Gasteiger charge is 2.29. The van der Waals surface area contributed by atoms with Crippen LogP contribution in [0.4, 0.5) is 0 Å². The summed E-state index contributed by atoms with van der Waals surface area (Å²) in [5.74, 6) is 1.97. The van der Waals surface area contributed by atoms with Gasteiger partial charge in [0.15, 0.2) is 5.96 Å². The zero-order chi connectivity index (χ0) is 15.1. The van der Waals surface area contributed by atoms with Gasteiger partial charge in [-0.3, -0.25) is 4.99 Å².